The summed E-state index contributed by atoms with van der Waals surface area (Å²) in [5, 5.41) is 35.1. The zero-order valence-electron chi connectivity index (χ0n) is 15.5. The number of aromatic nitrogens is 2. The third-order valence-corrected chi connectivity index (χ3v) is 4.71. The van der Waals surface area contributed by atoms with E-state index in [0.717, 1.165) is 5.69 Å². The number of carboxylic acids is 1. The molecule has 146 valence electrons. The number of aryl methyl sites for hydroxylation is 1. The number of aromatic hydroxyl groups is 1. The molecule has 0 fully saturated rings. The van der Waals surface area contributed by atoms with Crippen LogP contribution in [-0.4, -0.2) is 31.1 Å². The van der Waals surface area contributed by atoms with Gasteiger partial charge < -0.3 is 20.1 Å². The van der Waals surface area contributed by atoms with Gasteiger partial charge in [-0.2, -0.15) is 5.10 Å². The van der Waals surface area contributed by atoms with Gasteiger partial charge in [0, 0.05) is 10.8 Å². The molecular weight excluding hydrogens is 372 g/mol. The number of para-hydroxylation sites is 1. The number of nitrogens with zero attached hydrogens (tertiary/aromatic N) is 2. The standard InChI is InChI=1S/C22H18N2O5/c1-13-18(12-25)21(24(23-13)14-7-3-2-4-8-14)29-19-11-17(22(27)28)20(26)16-10-6-5-9-15(16)19/h2-11,25-26H,12H2,1H3,(H,27,28). The Morgan fingerprint density at radius 3 is 2.38 bits per heavy atom. The average molecular weight is 390 g/mol. The van der Waals surface area contributed by atoms with Gasteiger partial charge >= 0.3 is 5.97 Å². The lowest BCUT2D eigenvalue weighted by Crippen LogP contribution is -2.03. The topological polar surface area (TPSA) is 105 Å². The molecule has 3 N–H and O–H groups in total. The SMILES string of the molecule is Cc1nn(-c2ccccc2)c(Oc2cc(C(=O)O)c(O)c3ccccc23)c1CO. The molecule has 0 saturated heterocycles. The predicted molar refractivity (Wildman–Crippen MR) is 107 cm³/mol. The number of ether oxygens (including phenoxy) is 1. The minimum absolute atomic E-state index is 0.239. The maximum atomic E-state index is 11.6. The number of benzene rings is 3. The van der Waals surface area contributed by atoms with Gasteiger partial charge in [-0.25, -0.2) is 9.48 Å². The van der Waals surface area contributed by atoms with Crippen molar-refractivity contribution in [1.29, 1.82) is 0 Å². The van der Waals surface area contributed by atoms with Crippen molar-refractivity contribution < 1.29 is 24.9 Å². The Labute approximate surface area is 166 Å². The summed E-state index contributed by atoms with van der Waals surface area (Å²) in [6.45, 7) is 1.46. The lowest BCUT2D eigenvalue weighted by Gasteiger charge is -2.14. The fourth-order valence-electron chi connectivity index (χ4n) is 3.25. The van der Waals surface area contributed by atoms with Gasteiger partial charge in [0.15, 0.2) is 0 Å². The highest BCUT2D eigenvalue weighted by Gasteiger charge is 2.22. The summed E-state index contributed by atoms with van der Waals surface area (Å²) in [6.07, 6.45) is 0. The second-order valence-electron chi connectivity index (χ2n) is 6.50. The summed E-state index contributed by atoms with van der Waals surface area (Å²) < 4.78 is 7.69. The molecule has 0 radical (unpaired) electrons. The van der Waals surface area contributed by atoms with Crippen LogP contribution in [0, 0.1) is 6.92 Å². The quantitative estimate of drug-likeness (QED) is 0.475. The van der Waals surface area contributed by atoms with E-state index in [1.54, 1.807) is 35.9 Å². The largest absolute Gasteiger partial charge is 0.506 e. The summed E-state index contributed by atoms with van der Waals surface area (Å²) in [7, 11) is 0. The molecule has 4 aromatic rings. The van der Waals surface area contributed by atoms with Crippen molar-refractivity contribution in [2.24, 2.45) is 0 Å². The zero-order chi connectivity index (χ0) is 20.5. The number of rotatable bonds is 5. The lowest BCUT2D eigenvalue weighted by molar-refractivity contribution is 0.0693. The van der Waals surface area contributed by atoms with Crippen molar-refractivity contribution >= 4 is 16.7 Å². The highest BCUT2D eigenvalue weighted by atomic mass is 16.5. The first-order valence-corrected chi connectivity index (χ1v) is 8.92. The van der Waals surface area contributed by atoms with Crippen LogP contribution in [0.4, 0.5) is 0 Å². The molecule has 7 nitrogen and oxygen atoms in total. The molecule has 0 aliphatic rings. The molecule has 0 unspecified atom stereocenters. The third kappa shape index (κ3) is 3.17. The van der Waals surface area contributed by atoms with E-state index in [0.29, 0.717) is 22.0 Å². The fourth-order valence-corrected chi connectivity index (χ4v) is 3.25. The molecule has 0 bridgehead atoms. The van der Waals surface area contributed by atoms with Crippen LogP contribution in [0.5, 0.6) is 17.4 Å². The predicted octanol–water partition coefficient (Wildman–Crippen LogP) is 4.02. The van der Waals surface area contributed by atoms with E-state index in [2.05, 4.69) is 5.10 Å². The first-order valence-electron chi connectivity index (χ1n) is 8.92. The van der Waals surface area contributed by atoms with Crippen molar-refractivity contribution in [1.82, 2.24) is 9.78 Å². The van der Waals surface area contributed by atoms with E-state index >= 15 is 0 Å². The normalized spacial score (nSPS) is 11.0. The summed E-state index contributed by atoms with van der Waals surface area (Å²) in [6, 6.07) is 17.4. The van der Waals surface area contributed by atoms with Gasteiger partial charge in [-0.15, -0.1) is 0 Å². The van der Waals surface area contributed by atoms with E-state index in [-0.39, 0.29) is 29.5 Å². The van der Waals surface area contributed by atoms with Gasteiger partial charge in [-0.05, 0) is 25.1 Å². The molecule has 7 heteroatoms. The Bertz CT molecular complexity index is 1220. The lowest BCUT2D eigenvalue weighted by atomic mass is 10.0. The van der Waals surface area contributed by atoms with Gasteiger partial charge in [0.1, 0.15) is 17.1 Å². The molecule has 0 spiro atoms. The van der Waals surface area contributed by atoms with Gasteiger partial charge in [0.05, 0.1) is 23.6 Å². The number of hydrogen-bond acceptors (Lipinski definition) is 5. The van der Waals surface area contributed by atoms with Crippen LogP contribution in [0.15, 0.2) is 60.7 Å². The van der Waals surface area contributed by atoms with Gasteiger partial charge in [0.2, 0.25) is 5.88 Å². The van der Waals surface area contributed by atoms with Crippen molar-refractivity contribution in [2.75, 3.05) is 0 Å². The monoisotopic (exact) mass is 390 g/mol. The summed E-state index contributed by atoms with van der Waals surface area (Å²) in [4.78, 5) is 11.6. The molecule has 1 heterocycles. The van der Waals surface area contributed by atoms with Crippen molar-refractivity contribution in [3.05, 3.63) is 77.5 Å². The number of aliphatic hydroxyl groups is 1. The zero-order valence-corrected chi connectivity index (χ0v) is 15.5. The Hall–Kier alpha value is -3.84. The second-order valence-corrected chi connectivity index (χ2v) is 6.50. The number of carboxylic acid groups (broad SMARTS) is 1. The van der Waals surface area contributed by atoms with E-state index in [4.69, 9.17) is 4.74 Å². The molecule has 0 aliphatic heterocycles. The van der Waals surface area contributed by atoms with E-state index in [9.17, 15) is 20.1 Å². The molecule has 0 amide bonds. The Morgan fingerprint density at radius 1 is 1.07 bits per heavy atom. The van der Waals surface area contributed by atoms with Crippen LogP contribution in [-0.2, 0) is 6.61 Å². The van der Waals surface area contributed by atoms with Crippen molar-refractivity contribution in [3.63, 3.8) is 0 Å². The van der Waals surface area contributed by atoms with E-state index in [1.807, 2.05) is 30.3 Å². The number of aromatic carboxylic acids is 1. The van der Waals surface area contributed by atoms with Crippen molar-refractivity contribution in [2.45, 2.75) is 13.5 Å². The van der Waals surface area contributed by atoms with Gasteiger partial charge in [-0.3, -0.25) is 0 Å². The Kier molecular flexibility index (Phi) is 4.66. The van der Waals surface area contributed by atoms with Crippen molar-refractivity contribution in [3.8, 4) is 23.1 Å². The van der Waals surface area contributed by atoms with E-state index in [1.165, 1.54) is 6.07 Å². The molecule has 0 atom stereocenters. The summed E-state index contributed by atoms with van der Waals surface area (Å²) in [5.41, 5.74) is 1.54. The second kappa shape index (κ2) is 7.29. The van der Waals surface area contributed by atoms with Crippen LogP contribution in [0.25, 0.3) is 16.5 Å². The first kappa shape index (κ1) is 18.5. The molecule has 4 rings (SSSR count). The summed E-state index contributed by atoms with van der Waals surface area (Å²) >= 11 is 0. The van der Waals surface area contributed by atoms with Crippen LogP contribution < -0.4 is 4.74 Å². The van der Waals surface area contributed by atoms with Crippen LogP contribution in [0.1, 0.15) is 21.6 Å². The highest BCUT2D eigenvalue weighted by molar-refractivity contribution is 6.03. The third-order valence-electron chi connectivity index (χ3n) is 4.71. The molecule has 3 aromatic carbocycles. The average Bonchev–Trinajstić information content (AvgIpc) is 3.05. The smallest absolute Gasteiger partial charge is 0.339 e. The summed E-state index contributed by atoms with van der Waals surface area (Å²) in [5.74, 6) is -1.07. The fraction of sp³-hybridized carbons (Fsp3) is 0.0909. The van der Waals surface area contributed by atoms with Gasteiger partial charge in [-0.1, -0.05) is 42.5 Å². The highest BCUT2D eigenvalue weighted by Crippen LogP contribution is 2.39. The minimum Gasteiger partial charge on any atom is -0.506 e. The van der Waals surface area contributed by atoms with Crippen LogP contribution >= 0.6 is 0 Å². The minimum atomic E-state index is -1.27. The molecule has 0 saturated carbocycles. The van der Waals surface area contributed by atoms with Crippen LogP contribution in [0.2, 0.25) is 0 Å². The maximum absolute atomic E-state index is 11.6. The van der Waals surface area contributed by atoms with Crippen LogP contribution in [0.3, 0.4) is 0 Å². The number of hydrogen-bond donors (Lipinski definition) is 3. The number of phenols is 1. The molecule has 1 aromatic heterocycles. The van der Waals surface area contributed by atoms with Gasteiger partial charge in [0.25, 0.3) is 0 Å². The first-order chi connectivity index (χ1) is 14.0. The molecule has 29 heavy (non-hydrogen) atoms. The number of aliphatic hydroxyl groups excluding tert-OH is 1. The van der Waals surface area contributed by atoms with E-state index < -0.39 is 5.97 Å². The Morgan fingerprint density at radius 2 is 1.72 bits per heavy atom. The number of carbonyl (C=O) groups is 1. The molecular formula is C22H18N2O5. The Balaban J connectivity index is 1.94. The maximum Gasteiger partial charge on any atom is 0.339 e. The molecule has 0 aliphatic carbocycles. The number of fused-ring (bicyclic) bond motifs is 1.